The highest BCUT2D eigenvalue weighted by Crippen LogP contribution is 2.54. The molecule has 202 valence electrons. The van der Waals surface area contributed by atoms with E-state index in [1.54, 1.807) is 0 Å². The molecule has 1 N–H and O–H groups in total. The second-order valence-corrected chi connectivity index (χ2v) is 12.6. The first kappa shape index (κ1) is 26.5. The summed E-state index contributed by atoms with van der Waals surface area (Å²) in [6, 6.07) is 18.8. The molecule has 0 aliphatic carbocycles. The van der Waals surface area contributed by atoms with Crippen LogP contribution in [0.15, 0.2) is 81.0 Å². The average Bonchev–Trinajstić information content (AvgIpc) is 3.43. The zero-order chi connectivity index (χ0) is 28.1. The number of aryl methyl sites for hydroxylation is 1. The molecular formula is C28H20BrN3O6S2. The van der Waals surface area contributed by atoms with Crippen LogP contribution in [-0.2, 0) is 16.2 Å². The molecule has 3 unspecified atom stereocenters. The Morgan fingerprint density at radius 2 is 1.75 bits per heavy atom. The first-order valence-electron chi connectivity index (χ1n) is 12.2. The van der Waals surface area contributed by atoms with Crippen molar-refractivity contribution in [3.05, 3.63) is 113 Å². The summed E-state index contributed by atoms with van der Waals surface area (Å²) in [5, 5.41) is 10.9. The number of aromatic amines is 1. The number of carbonyl (C=O) groups is 2. The molecule has 3 aromatic carbocycles. The van der Waals surface area contributed by atoms with Crippen LogP contribution in [0, 0.1) is 23.0 Å². The molecule has 9 nitrogen and oxygen atoms in total. The van der Waals surface area contributed by atoms with Gasteiger partial charge < -0.3 is 9.72 Å². The number of rotatable bonds is 6. The van der Waals surface area contributed by atoms with Crippen LogP contribution < -0.4 is 14.5 Å². The van der Waals surface area contributed by atoms with Crippen LogP contribution >= 0.6 is 39.0 Å². The summed E-state index contributed by atoms with van der Waals surface area (Å²) < 4.78 is 7.02. The predicted molar refractivity (Wildman–Crippen MR) is 155 cm³/mol. The van der Waals surface area contributed by atoms with Gasteiger partial charge in [-0.1, -0.05) is 68.9 Å². The molecule has 1 fully saturated rings. The van der Waals surface area contributed by atoms with E-state index < -0.39 is 33.8 Å². The quantitative estimate of drug-likeness (QED) is 0.161. The number of imide groups is 1. The summed E-state index contributed by atoms with van der Waals surface area (Å²) in [7, 11) is 0. The molecule has 0 bridgehead atoms. The van der Waals surface area contributed by atoms with E-state index in [2.05, 4.69) is 20.9 Å². The lowest BCUT2D eigenvalue weighted by atomic mass is 9.82. The van der Waals surface area contributed by atoms with Crippen molar-refractivity contribution < 1.29 is 19.2 Å². The Morgan fingerprint density at radius 3 is 2.45 bits per heavy atom. The van der Waals surface area contributed by atoms with Crippen LogP contribution in [0.1, 0.15) is 27.5 Å². The highest BCUT2D eigenvalue weighted by molar-refractivity contribution is 9.10. The lowest BCUT2D eigenvalue weighted by Crippen LogP contribution is -2.32. The Hall–Kier alpha value is -3.74. The number of nitro benzene ring substituents is 1. The van der Waals surface area contributed by atoms with Gasteiger partial charge in [0.05, 0.1) is 21.6 Å². The van der Waals surface area contributed by atoms with Gasteiger partial charge in [0.1, 0.15) is 17.6 Å². The molecular weight excluding hydrogens is 618 g/mol. The molecule has 0 saturated carbocycles. The van der Waals surface area contributed by atoms with Gasteiger partial charge in [-0.25, -0.2) is 4.90 Å². The van der Waals surface area contributed by atoms with Gasteiger partial charge in [0.15, 0.2) is 0 Å². The number of H-pyrrole nitrogens is 1. The Balaban J connectivity index is 1.42. The Morgan fingerprint density at radius 1 is 1.02 bits per heavy atom. The van der Waals surface area contributed by atoms with Crippen molar-refractivity contribution in [3.8, 4) is 5.75 Å². The maximum atomic E-state index is 14.0. The largest absolute Gasteiger partial charge is 0.489 e. The summed E-state index contributed by atoms with van der Waals surface area (Å²) in [4.78, 5) is 55.0. The molecule has 1 saturated heterocycles. The molecule has 2 aliphatic heterocycles. The summed E-state index contributed by atoms with van der Waals surface area (Å²) in [5.74, 6) is -1.77. The number of amides is 2. The van der Waals surface area contributed by atoms with E-state index in [9.17, 15) is 24.5 Å². The number of benzene rings is 3. The van der Waals surface area contributed by atoms with Crippen LogP contribution in [-0.4, -0.2) is 27.0 Å². The van der Waals surface area contributed by atoms with E-state index in [1.807, 2.05) is 49.4 Å². The number of ether oxygens (including phenoxy) is 1. The molecule has 0 radical (unpaired) electrons. The predicted octanol–water partition coefficient (Wildman–Crippen LogP) is 5.79. The minimum absolute atomic E-state index is 0.142. The van der Waals surface area contributed by atoms with Crippen molar-refractivity contribution >= 4 is 62.2 Å². The molecule has 6 rings (SSSR count). The van der Waals surface area contributed by atoms with E-state index >= 15 is 0 Å². The Labute approximate surface area is 244 Å². The molecule has 0 spiro atoms. The summed E-state index contributed by atoms with van der Waals surface area (Å²) in [6.07, 6.45) is 0. The third kappa shape index (κ3) is 4.65. The maximum absolute atomic E-state index is 14.0. The van der Waals surface area contributed by atoms with Gasteiger partial charge in [-0.05, 0) is 42.8 Å². The number of nitrogens with zero attached hydrogens (tertiary/aromatic N) is 2. The number of anilines is 1. The Kier molecular flexibility index (Phi) is 6.85. The minimum atomic E-state index is -0.817. The highest BCUT2D eigenvalue weighted by Gasteiger charge is 2.56. The monoisotopic (exact) mass is 637 g/mol. The molecule has 3 heterocycles. The number of hydrogen-bond acceptors (Lipinski definition) is 8. The fourth-order valence-corrected chi connectivity index (χ4v) is 7.95. The van der Waals surface area contributed by atoms with Crippen molar-refractivity contribution in [1.82, 2.24) is 4.98 Å². The Bertz CT molecular complexity index is 1720. The topological polar surface area (TPSA) is 123 Å². The molecule has 4 aromatic rings. The van der Waals surface area contributed by atoms with Crippen LogP contribution in [0.25, 0.3) is 0 Å². The van der Waals surface area contributed by atoms with Gasteiger partial charge in [-0.3, -0.25) is 24.5 Å². The van der Waals surface area contributed by atoms with E-state index in [4.69, 9.17) is 4.74 Å². The number of fused-ring (bicyclic) bond motifs is 2. The minimum Gasteiger partial charge on any atom is -0.489 e. The number of non-ortho nitro benzene ring substituents is 1. The normalized spacial score (nSPS) is 19.9. The molecule has 2 aliphatic rings. The number of thiazole rings is 1. The van der Waals surface area contributed by atoms with Crippen molar-refractivity contribution in [2.24, 2.45) is 5.92 Å². The van der Waals surface area contributed by atoms with E-state index in [0.29, 0.717) is 27.8 Å². The van der Waals surface area contributed by atoms with E-state index in [0.717, 1.165) is 31.8 Å². The molecule has 1 aromatic heterocycles. The van der Waals surface area contributed by atoms with Crippen molar-refractivity contribution in [2.75, 3.05) is 4.90 Å². The SMILES string of the molecule is Cc1ccc(COc2ccc(Br)cc2C2c3sc(=O)[nH]c3SC3C(=O)N(c4ccc([N+](=O)[O-])cc4)C(=O)C32)cc1. The van der Waals surface area contributed by atoms with Gasteiger partial charge in [0, 0.05) is 33.0 Å². The van der Waals surface area contributed by atoms with Gasteiger partial charge in [-0.15, -0.1) is 0 Å². The van der Waals surface area contributed by atoms with Crippen LogP contribution in [0.4, 0.5) is 11.4 Å². The molecule has 3 atom stereocenters. The number of nitrogens with one attached hydrogen (secondary N) is 1. The average molecular weight is 639 g/mol. The zero-order valence-electron chi connectivity index (χ0n) is 20.8. The van der Waals surface area contributed by atoms with Gasteiger partial charge in [0.25, 0.3) is 5.69 Å². The van der Waals surface area contributed by atoms with Crippen molar-refractivity contribution in [1.29, 1.82) is 0 Å². The van der Waals surface area contributed by atoms with Crippen LogP contribution in [0.2, 0.25) is 0 Å². The fourth-order valence-electron chi connectivity index (χ4n) is 5.07. The van der Waals surface area contributed by atoms with Crippen molar-refractivity contribution in [3.63, 3.8) is 0 Å². The summed E-state index contributed by atoms with van der Waals surface area (Å²) in [6.45, 7) is 2.30. The van der Waals surface area contributed by atoms with Gasteiger partial charge in [-0.2, -0.15) is 0 Å². The maximum Gasteiger partial charge on any atom is 0.305 e. The summed E-state index contributed by atoms with van der Waals surface area (Å²) >= 11 is 5.72. The number of aromatic nitrogens is 1. The second-order valence-electron chi connectivity index (χ2n) is 9.49. The number of halogens is 1. The highest BCUT2D eigenvalue weighted by atomic mass is 79.9. The van der Waals surface area contributed by atoms with Crippen LogP contribution in [0.3, 0.4) is 0 Å². The zero-order valence-corrected chi connectivity index (χ0v) is 24.0. The number of nitro groups is 1. The first-order valence-corrected chi connectivity index (χ1v) is 14.7. The van der Waals surface area contributed by atoms with Gasteiger partial charge in [0.2, 0.25) is 11.8 Å². The lowest BCUT2D eigenvalue weighted by Gasteiger charge is -2.31. The molecule has 40 heavy (non-hydrogen) atoms. The second kappa shape index (κ2) is 10.3. The molecule has 12 heteroatoms. The lowest BCUT2D eigenvalue weighted by molar-refractivity contribution is -0.384. The first-order chi connectivity index (χ1) is 19.2. The fraction of sp³-hybridized carbons (Fsp3) is 0.179. The summed E-state index contributed by atoms with van der Waals surface area (Å²) in [5.41, 5.74) is 2.91. The number of thioether (sulfide) groups is 1. The van der Waals surface area contributed by atoms with Crippen molar-refractivity contribution in [2.45, 2.75) is 29.7 Å². The standard InChI is InChI=1S/C28H20BrN3O6S2/c1-14-2-4-15(5-3-14)13-38-20-11-6-16(29)12-19(20)21-22-24(39-25-23(21)40-28(35)30-25)27(34)31(26(22)33)17-7-9-18(10-8-17)32(36)37/h2-12,21-22,24H,13H2,1H3,(H,30,35). The number of carbonyl (C=O) groups excluding carboxylic acids is 2. The number of hydrogen-bond donors (Lipinski definition) is 1. The third-order valence-electron chi connectivity index (χ3n) is 6.96. The van der Waals surface area contributed by atoms with E-state index in [1.165, 1.54) is 36.0 Å². The van der Waals surface area contributed by atoms with E-state index in [-0.39, 0.29) is 16.2 Å². The van der Waals surface area contributed by atoms with Crippen LogP contribution in [0.5, 0.6) is 5.75 Å². The third-order valence-corrected chi connectivity index (χ3v) is 9.86. The van der Waals surface area contributed by atoms with Gasteiger partial charge >= 0.3 is 4.87 Å². The smallest absolute Gasteiger partial charge is 0.305 e. The molecule has 2 amide bonds.